The van der Waals surface area contributed by atoms with Crippen LogP contribution in [0.3, 0.4) is 0 Å². The summed E-state index contributed by atoms with van der Waals surface area (Å²) in [5.41, 5.74) is 0.947. The highest BCUT2D eigenvalue weighted by Crippen LogP contribution is 2.28. The quantitative estimate of drug-likeness (QED) is 0.341. The number of aryl methyl sites for hydroxylation is 1. The second-order valence-corrected chi connectivity index (χ2v) is 8.43. The van der Waals surface area contributed by atoms with Gasteiger partial charge >= 0.3 is 0 Å². The highest BCUT2D eigenvalue weighted by atomic mass is 35.6. The van der Waals surface area contributed by atoms with E-state index >= 15 is 0 Å². The van der Waals surface area contributed by atoms with Crippen LogP contribution in [0.25, 0.3) is 0 Å². The Morgan fingerprint density at radius 3 is 2.41 bits per heavy atom. The number of hydrogen-bond donors (Lipinski definition) is 2. The molecule has 0 radical (unpaired) electrons. The Bertz CT molecular complexity index is 639. The smallest absolute Gasteiger partial charge is 0.265 e. The van der Waals surface area contributed by atoms with Crippen LogP contribution in [0.4, 0.5) is 0 Å². The molecule has 0 saturated heterocycles. The highest BCUT2D eigenvalue weighted by Gasteiger charge is 2.30. The Kier molecular flexibility index (Phi) is 6.70. The lowest BCUT2D eigenvalue weighted by Crippen LogP contribution is -2.36. The van der Waals surface area contributed by atoms with E-state index in [4.69, 9.17) is 44.9 Å². The van der Waals surface area contributed by atoms with E-state index in [1.807, 2.05) is 6.92 Å². The number of benzene rings is 1. The van der Waals surface area contributed by atoms with Gasteiger partial charge in [0, 0.05) is 0 Å². The minimum atomic E-state index is -3.70. The summed E-state index contributed by atoms with van der Waals surface area (Å²) in [7, 11) is -3.70. The van der Waals surface area contributed by atoms with Crippen LogP contribution in [0.1, 0.15) is 5.56 Å². The molecule has 122 valence electrons. The molecule has 5 nitrogen and oxygen atoms in total. The predicted octanol–water partition coefficient (Wildman–Crippen LogP) is 3.19. The Morgan fingerprint density at radius 1 is 1.41 bits per heavy atom. The van der Waals surface area contributed by atoms with Crippen LogP contribution in [-0.2, 0) is 14.8 Å². The highest BCUT2D eigenvalue weighted by molar-refractivity contribution is 7.89. The third-order valence-corrected chi connectivity index (χ3v) is 4.55. The van der Waals surface area contributed by atoms with E-state index in [0.29, 0.717) is 0 Å². The fourth-order valence-corrected chi connectivity index (χ4v) is 2.56. The molecule has 0 fully saturated rings. The number of nitrogens with one attached hydrogen (secondary N) is 2. The van der Waals surface area contributed by atoms with E-state index in [2.05, 4.69) is 11.3 Å². The van der Waals surface area contributed by atoms with E-state index in [9.17, 15) is 8.42 Å². The predicted molar refractivity (Wildman–Crippen MR) is 89.5 cm³/mol. The molecule has 2 N–H and O–H groups in total. The molecule has 0 aromatic heterocycles. The van der Waals surface area contributed by atoms with Crippen molar-refractivity contribution in [3.63, 3.8) is 0 Å². The molecule has 0 aliphatic heterocycles. The van der Waals surface area contributed by atoms with Crippen LogP contribution in [0.5, 0.6) is 0 Å². The average Bonchev–Trinajstić information content (AvgIpc) is 2.42. The van der Waals surface area contributed by atoms with Gasteiger partial charge in [-0.1, -0.05) is 65.2 Å². The lowest BCUT2D eigenvalue weighted by Gasteiger charge is -2.20. The molecular formula is C13H15Cl3N2O3S. The van der Waals surface area contributed by atoms with Crippen LogP contribution in [0.2, 0.25) is 0 Å². The molecule has 0 amide bonds. The van der Waals surface area contributed by atoms with Crippen molar-refractivity contribution in [3.8, 4) is 0 Å². The van der Waals surface area contributed by atoms with Crippen molar-refractivity contribution in [2.24, 2.45) is 0 Å². The van der Waals surface area contributed by atoms with Crippen LogP contribution in [0.15, 0.2) is 41.8 Å². The summed E-state index contributed by atoms with van der Waals surface area (Å²) in [6.07, 6.45) is 0.464. The summed E-state index contributed by atoms with van der Waals surface area (Å²) in [5, 5.41) is 7.45. The number of ether oxygens (including phenoxy) is 1. The molecule has 1 aromatic carbocycles. The van der Waals surface area contributed by atoms with Crippen LogP contribution in [0, 0.1) is 12.3 Å². The van der Waals surface area contributed by atoms with E-state index in [1.54, 1.807) is 12.1 Å². The molecule has 1 rings (SSSR count). The van der Waals surface area contributed by atoms with Gasteiger partial charge in [-0.15, -0.1) is 0 Å². The first-order chi connectivity index (χ1) is 10.1. The number of halogens is 3. The number of rotatable bonds is 6. The largest absolute Gasteiger partial charge is 0.469 e. The molecule has 0 spiro atoms. The molecule has 0 saturated carbocycles. The Morgan fingerprint density at radius 2 is 1.95 bits per heavy atom. The summed E-state index contributed by atoms with van der Waals surface area (Å²) in [5.74, 6) is -0.614. The van der Waals surface area contributed by atoms with Gasteiger partial charge in [0.1, 0.15) is 6.10 Å². The summed E-state index contributed by atoms with van der Waals surface area (Å²) >= 11 is 16.5. The standard InChI is InChI=1S/C13H15Cl3N2O3S/c1-3-10(21-12(17)13(14,15)16)8-18-22(19,20)11-6-4-9(2)5-7-11/h3-7,10,17-18H,1,8H2,2H3. The Labute approximate surface area is 144 Å². The van der Waals surface area contributed by atoms with Gasteiger partial charge in [-0.05, 0) is 19.1 Å². The van der Waals surface area contributed by atoms with Gasteiger partial charge in [-0.2, -0.15) is 0 Å². The van der Waals surface area contributed by atoms with Crippen molar-refractivity contribution in [2.75, 3.05) is 6.54 Å². The normalized spacial score (nSPS) is 13.5. The molecule has 1 unspecified atom stereocenters. The topological polar surface area (TPSA) is 79.2 Å². The zero-order valence-corrected chi connectivity index (χ0v) is 14.7. The molecule has 0 bridgehead atoms. The van der Waals surface area contributed by atoms with Crippen molar-refractivity contribution in [1.29, 1.82) is 5.41 Å². The van der Waals surface area contributed by atoms with Gasteiger partial charge in [0.15, 0.2) is 0 Å². The van der Waals surface area contributed by atoms with Gasteiger partial charge in [0.2, 0.25) is 15.9 Å². The monoisotopic (exact) mass is 384 g/mol. The Hall–Kier alpha value is -0.790. The molecule has 0 aliphatic rings. The van der Waals surface area contributed by atoms with Crippen molar-refractivity contribution in [1.82, 2.24) is 4.72 Å². The average molecular weight is 386 g/mol. The molecule has 1 aromatic rings. The molecule has 0 aliphatic carbocycles. The molecular weight excluding hydrogens is 371 g/mol. The van der Waals surface area contributed by atoms with Crippen LogP contribution in [-0.4, -0.2) is 30.8 Å². The zero-order chi connectivity index (χ0) is 17.0. The summed E-state index contributed by atoms with van der Waals surface area (Å²) < 4.78 is 29.6. The SMILES string of the molecule is C=CC(CNS(=O)(=O)c1ccc(C)cc1)OC(=N)C(Cl)(Cl)Cl. The first-order valence-corrected chi connectivity index (χ1v) is 8.69. The summed E-state index contributed by atoms with van der Waals surface area (Å²) in [4.78, 5) is 0.123. The van der Waals surface area contributed by atoms with E-state index in [0.717, 1.165) is 5.56 Å². The maximum Gasteiger partial charge on any atom is 0.265 e. The second kappa shape index (κ2) is 7.66. The minimum absolute atomic E-state index is 0.123. The van der Waals surface area contributed by atoms with Gasteiger partial charge in [-0.3, -0.25) is 5.41 Å². The Balaban J connectivity index is 2.72. The second-order valence-electron chi connectivity index (χ2n) is 4.38. The molecule has 9 heteroatoms. The molecule has 0 heterocycles. The lowest BCUT2D eigenvalue weighted by molar-refractivity contribution is 0.232. The summed E-state index contributed by atoms with van der Waals surface area (Å²) in [6.45, 7) is 5.20. The zero-order valence-electron chi connectivity index (χ0n) is 11.6. The van der Waals surface area contributed by atoms with E-state index in [-0.39, 0.29) is 11.4 Å². The molecule has 1 atom stereocenters. The number of hydrogen-bond acceptors (Lipinski definition) is 4. The van der Waals surface area contributed by atoms with Crippen LogP contribution >= 0.6 is 34.8 Å². The van der Waals surface area contributed by atoms with Crippen molar-refractivity contribution in [3.05, 3.63) is 42.5 Å². The van der Waals surface area contributed by atoms with Gasteiger partial charge in [0.05, 0.1) is 11.4 Å². The van der Waals surface area contributed by atoms with Gasteiger partial charge in [-0.25, -0.2) is 13.1 Å². The first kappa shape index (κ1) is 19.3. The fourth-order valence-electron chi connectivity index (χ4n) is 1.38. The molecule has 22 heavy (non-hydrogen) atoms. The van der Waals surface area contributed by atoms with Crippen molar-refractivity contribution >= 4 is 50.7 Å². The van der Waals surface area contributed by atoms with E-state index in [1.165, 1.54) is 18.2 Å². The maximum absolute atomic E-state index is 12.1. The lowest BCUT2D eigenvalue weighted by atomic mass is 10.2. The minimum Gasteiger partial charge on any atom is -0.469 e. The third kappa shape index (κ3) is 5.78. The van der Waals surface area contributed by atoms with Crippen molar-refractivity contribution < 1.29 is 13.2 Å². The van der Waals surface area contributed by atoms with Gasteiger partial charge < -0.3 is 4.74 Å². The number of sulfonamides is 1. The summed E-state index contributed by atoms with van der Waals surface area (Å²) in [6, 6.07) is 6.36. The van der Waals surface area contributed by atoms with Crippen molar-refractivity contribution in [2.45, 2.75) is 21.7 Å². The van der Waals surface area contributed by atoms with Gasteiger partial charge in [0.25, 0.3) is 3.79 Å². The van der Waals surface area contributed by atoms with Crippen LogP contribution < -0.4 is 4.72 Å². The third-order valence-electron chi connectivity index (χ3n) is 2.60. The fraction of sp³-hybridized carbons (Fsp3) is 0.308. The van der Waals surface area contributed by atoms with E-state index < -0.39 is 25.8 Å². The maximum atomic E-state index is 12.1. The number of alkyl halides is 3. The first-order valence-electron chi connectivity index (χ1n) is 6.07.